The first kappa shape index (κ1) is 5.73. The molecular weight excluding hydrogens is 152 g/mol. The van der Waals surface area contributed by atoms with Crippen molar-refractivity contribution >= 4 is 11.4 Å². The fourth-order valence-electron chi connectivity index (χ4n) is 0.725. The van der Waals surface area contributed by atoms with Crippen LogP contribution in [0.15, 0.2) is 24.3 Å². The Morgan fingerprint density at radius 3 is 1.80 bits per heavy atom. The van der Waals surface area contributed by atoms with E-state index >= 15 is 0 Å². The Labute approximate surface area is 60.4 Å². The van der Waals surface area contributed by atoms with Gasteiger partial charge in [0.2, 0.25) is 0 Å². The van der Waals surface area contributed by atoms with Crippen LogP contribution in [-0.2, 0) is 11.4 Å². The summed E-state index contributed by atoms with van der Waals surface area (Å²) in [6, 6.07) is 6.83. The minimum atomic E-state index is -1.65. The first-order valence-electron chi connectivity index (χ1n) is 2.73. The van der Waals surface area contributed by atoms with Gasteiger partial charge in [0.1, 0.15) is 11.5 Å². The highest BCUT2D eigenvalue weighted by molar-refractivity contribution is 7.76. The van der Waals surface area contributed by atoms with E-state index in [1.54, 1.807) is 24.3 Å². The van der Waals surface area contributed by atoms with Crippen LogP contribution in [-0.4, -0.2) is 4.21 Å². The minimum absolute atomic E-state index is 0.569. The van der Waals surface area contributed by atoms with Gasteiger partial charge in [0.25, 0.3) is 0 Å². The van der Waals surface area contributed by atoms with Crippen LogP contribution in [0, 0.1) is 0 Å². The largest absolute Gasteiger partial charge is 0.417 e. The zero-order chi connectivity index (χ0) is 6.97. The van der Waals surface area contributed by atoms with Crippen molar-refractivity contribution < 1.29 is 12.6 Å². The SMILES string of the molecule is O=S1Oc2ccc(cc2)O1. The lowest BCUT2D eigenvalue weighted by Crippen LogP contribution is -2.04. The molecule has 0 amide bonds. The third-order valence-corrected chi connectivity index (χ3v) is 1.81. The van der Waals surface area contributed by atoms with Crippen LogP contribution < -0.4 is 8.37 Å². The molecule has 10 heavy (non-hydrogen) atoms. The van der Waals surface area contributed by atoms with Crippen LogP contribution >= 0.6 is 0 Å². The maximum Gasteiger partial charge on any atom is 0.417 e. The van der Waals surface area contributed by atoms with Crippen molar-refractivity contribution in [1.29, 1.82) is 0 Å². The molecule has 0 atom stereocenters. The smallest absolute Gasteiger partial charge is 0.371 e. The predicted octanol–water partition coefficient (Wildman–Crippen LogP) is 1.04. The lowest BCUT2D eigenvalue weighted by atomic mass is 10.3. The summed E-state index contributed by atoms with van der Waals surface area (Å²) in [5.74, 6) is 1.14. The van der Waals surface area contributed by atoms with E-state index in [2.05, 4.69) is 0 Å². The number of hydrogen-bond donors (Lipinski definition) is 0. The summed E-state index contributed by atoms with van der Waals surface area (Å²) in [5, 5.41) is 0. The molecule has 0 N–H and O–H groups in total. The Kier molecular flexibility index (Phi) is 1.14. The molecule has 0 spiro atoms. The van der Waals surface area contributed by atoms with E-state index in [0.717, 1.165) is 0 Å². The van der Waals surface area contributed by atoms with Gasteiger partial charge in [-0.3, -0.25) is 0 Å². The van der Waals surface area contributed by atoms with Crippen LogP contribution in [0.25, 0.3) is 0 Å². The second-order valence-electron chi connectivity index (χ2n) is 1.84. The zero-order valence-electron chi connectivity index (χ0n) is 4.94. The van der Waals surface area contributed by atoms with E-state index in [1.165, 1.54) is 0 Å². The summed E-state index contributed by atoms with van der Waals surface area (Å²) in [5.41, 5.74) is 0. The third-order valence-electron chi connectivity index (χ3n) is 1.15. The second-order valence-corrected chi connectivity index (χ2v) is 2.58. The van der Waals surface area contributed by atoms with Crippen LogP contribution in [0.3, 0.4) is 0 Å². The molecule has 0 fully saturated rings. The average molecular weight is 156 g/mol. The minimum Gasteiger partial charge on any atom is -0.371 e. The Morgan fingerprint density at radius 1 is 1.00 bits per heavy atom. The summed E-state index contributed by atoms with van der Waals surface area (Å²) in [4.78, 5) is 0. The number of hydrogen-bond acceptors (Lipinski definition) is 3. The summed E-state index contributed by atoms with van der Waals surface area (Å²) >= 11 is -1.65. The molecule has 2 aliphatic rings. The Bertz CT molecular complexity index is 240. The Balaban J connectivity index is 2.53. The highest BCUT2D eigenvalue weighted by Gasteiger charge is 2.10. The van der Waals surface area contributed by atoms with E-state index in [0.29, 0.717) is 11.5 Å². The summed E-state index contributed by atoms with van der Waals surface area (Å²) in [7, 11) is 0. The molecule has 2 heterocycles. The van der Waals surface area contributed by atoms with Crippen LogP contribution in [0.5, 0.6) is 11.5 Å². The molecule has 4 heteroatoms. The number of fused-ring (bicyclic) bond motifs is 4. The van der Waals surface area contributed by atoms with Crippen molar-refractivity contribution in [2.45, 2.75) is 0 Å². The lowest BCUT2D eigenvalue weighted by Gasteiger charge is -1.95. The van der Waals surface area contributed by atoms with Crippen LogP contribution in [0.2, 0.25) is 0 Å². The molecule has 0 saturated carbocycles. The molecular formula is C6H4O3S. The quantitative estimate of drug-likeness (QED) is 0.563. The van der Waals surface area contributed by atoms with E-state index in [9.17, 15) is 4.21 Å². The van der Waals surface area contributed by atoms with Gasteiger partial charge in [0.05, 0.1) is 0 Å². The van der Waals surface area contributed by atoms with Gasteiger partial charge in [-0.2, -0.15) is 4.21 Å². The van der Waals surface area contributed by atoms with Crippen molar-refractivity contribution in [1.82, 2.24) is 0 Å². The fraction of sp³-hybridized carbons (Fsp3) is 0. The van der Waals surface area contributed by atoms with Gasteiger partial charge in [0.15, 0.2) is 0 Å². The first-order chi connectivity index (χ1) is 4.84. The maximum absolute atomic E-state index is 10.7. The zero-order valence-corrected chi connectivity index (χ0v) is 5.76. The molecule has 2 bridgehead atoms. The number of rotatable bonds is 0. The van der Waals surface area contributed by atoms with Crippen molar-refractivity contribution in [3.8, 4) is 11.5 Å². The third kappa shape index (κ3) is 0.863. The van der Waals surface area contributed by atoms with E-state index in [1.807, 2.05) is 0 Å². The molecule has 3 nitrogen and oxygen atoms in total. The van der Waals surface area contributed by atoms with Gasteiger partial charge in [-0.15, -0.1) is 0 Å². The topological polar surface area (TPSA) is 35.5 Å². The summed E-state index contributed by atoms with van der Waals surface area (Å²) in [6.45, 7) is 0. The maximum atomic E-state index is 10.7. The monoisotopic (exact) mass is 156 g/mol. The van der Waals surface area contributed by atoms with Gasteiger partial charge in [-0.25, -0.2) is 0 Å². The van der Waals surface area contributed by atoms with Crippen LogP contribution in [0.4, 0.5) is 0 Å². The lowest BCUT2D eigenvalue weighted by molar-refractivity contribution is 0.473. The average Bonchev–Trinajstić information content (AvgIpc) is 2.17. The van der Waals surface area contributed by atoms with Crippen molar-refractivity contribution in [2.75, 3.05) is 0 Å². The standard InChI is InChI=1S/C6H4O3S/c7-10-8-5-1-2-6(9-10)4-3-5/h1-4H. The van der Waals surface area contributed by atoms with E-state index < -0.39 is 11.4 Å². The molecule has 0 saturated heterocycles. The van der Waals surface area contributed by atoms with Gasteiger partial charge in [-0.1, -0.05) is 0 Å². The Morgan fingerprint density at radius 2 is 1.40 bits per heavy atom. The normalized spacial score (nSPS) is 15.6. The van der Waals surface area contributed by atoms with Gasteiger partial charge in [-0.05, 0) is 24.3 Å². The van der Waals surface area contributed by atoms with E-state index in [-0.39, 0.29) is 0 Å². The first-order valence-corrected chi connectivity index (χ1v) is 3.73. The molecule has 0 aliphatic carbocycles. The molecule has 0 radical (unpaired) electrons. The molecule has 0 aromatic heterocycles. The van der Waals surface area contributed by atoms with Crippen molar-refractivity contribution in [3.63, 3.8) is 0 Å². The van der Waals surface area contributed by atoms with Crippen molar-refractivity contribution in [2.24, 2.45) is 0 Å². The molecule has 3 rings (SSSR count). The van der Waals surface area contributed by atoms with Crippen molar-refractivity contribution in [3.05, 3.63) is 24.3 Å². The van der Waals surface area contributed by atoms with Crippen LogP contribution in [0.1, 0.15) is 0 Å². The highest BCUT2D eigenvalue weighted by atomic mass is 32.2. The fourth-order valence-corrected chi connectivity index (χ4v) is 1.30. The second kappa shape index (κ2) is 1.98. The molecule has 1 aromatic rings. The molecule has 2 aliphatic heterocycles. The molecule has 1 aromatic carbocycles. The molecule has 52 valence electrons. The van der Waals surface area contributed by atoms with E-state index in [4.69, 9.17) is 8.37 Å². The molecule has 0 unspecified atom stereocenters. The van der Waals surface area contributed by atoms with Gasteiger partial charge < -0.3 is 8.37 Å². The van der Waals surface area contributed by atoms with Gasteiger partial charge >= 0.3 is 11.4 Å². The summed E-state index contributed by atoms with van der Waals surface area (Å²) in [6.07, 6.45) is 0. The van der Waals surface area contributed by atoms with Gasteiger partial charge in [0, 0.05) is 0 Å². The highest BCUT2D eigenvalue weighted by Crippen LogP contribution is 2.23. The Hall–Kier alpha value is -1.03. The predicted molar refractivity (Wildman–Crippen MR) is 35.8 cm³/mol. The summed E-state index contributed by atoms with van der Waals surface area (Å²) < 4.78 is 20.2. The number of benzene rings is 1.